The summed E-state index contributed by atoms with van der Waals surface area (Å²) in [7, 11) is 0. The third-order valence-corrected chi connectivity index (χ3v) is 14.4. The van der Waals surface area contributed by atoms with Crippen LogP contribution < -0.4 is 0 Å². The van der Waals surface area contributed by atoms with E-state index in [0.29, 0.717) is 0 Å². The zero-order valence-electron chi connectivity index (χ0n) is 33.7. The molecule has 0 unspecified atom stereocenters. The molecule has 286 valence electrons. The second kappa shape index (κ2) is 12.8. The van der Waals surface area contributed by atoms with E-state index < -0.39 is 0 Å². The number of hydrogen-bond acceptors (Lipinski definition) is 2. The Morgan fingerprint density at radius 2 is 1.15 bits per heavy atom. The molecule has 0 aliphatic heterocycles. The van der Waals surface area contributed by atoms with E-state index in [1.54, 1.807) is 0 Å². The van der Waals surface area contributed by atoms with Crippen LogP contribution in [0.15, 0.2) is 187 Å². The third kappa shape index (κ3) is 4.90. The Morgan fingerprint density at radius 1 is 0.475 bits per heavy atom. The first-order chi connectivity index (χ1) is 30.0. The molecule has 0 saturated carbocycles. The average molecular weight is 796 g/mol. The molecule has 3 heterocycles. The lowest BCUT2D eigenvalue weighted by molar-refractivity contribution is 0.669. The van der Waals surface area contributed by atoms with Gasteiger partial charge >= 0.3 is 0 Å². The molecule has 0 radical (unpaired) electrons. The van der Waals surface area contributed by atoms with E-state index >= 15 is 0 Å². The summed E-state index contributed by atoms with van der Waals surface area (Å²) >= 11 is 1.89. The number of rotatable bonds is 2. The van der Waals surface area contributed by atoms with E-state index in [0.717, 1.165) is 33.2 Å². The second-order valence-corrected chi connectivity index (χ2v) is 17.6. The number of benzene rings is 9. The minimum Gasteiger partial charge on any atom is -0.456 e. The lowest BCUT2D eigenvalue weighted by Gasteiger charge is -2.10. The van der Waals surface area contributed by atoms with Crippen LogP contribution in [0, 0.1) is 6.92 Å². The summed E-state index contributed by atoms with van der Waals surface area (Å²) in [6.45, 7) is 8.30. The standard InChI is InChI=1S/C46H25NOS.C12H12/c1-2-9-30-29(8-1)33-13-7-12-32-28(18-19-34(30)44(32)33)26-16-22-41-37(24-26)38-25-27(17-23-42(38)48-41)47-39-14-5-3-11-36(39)45-40(47)21-20-35-31-10-4-6-15-43(31)49-46(35)45;1-8-5-4-6-11-9(2)7-10(3)12(8)11/h1-25H;4-7H,3H2,1-2H3. The quantitative estimate of drug-likeness (QED) is 0.170. The lowest BCUT2D eigenvalue weighted by Crippen LogP contribution is -1.93. The molecule has 0 saturated heterocycles. The van der Waals surface area contributed by atoms with Gasteiger partial charge in [0, 0.05) is 47.4 Å². The Kier molecular flexibility index (Phi) is 7.20. The van der Waals surface area contributed by atoms with Crippen LogP contribution in [0.25, 0.3) is 125 Å². The maximum Gasteiger partial charge on any atom is 0.135 e. The van der Waals surface area contributed by atoms with E-state index in [1.807, 2.05) is 11.3 Å². The number of nitrogens with zero attached hydrogens (tertiary/aromatic N) is 1. The van der Waals surface area contributed by atoms with Gasteiger partial charge in [-0.05, 0) is 134 Å². The molecule has 2 aliphatic rings. The number of aryl methyl sites for hydroxylation is 1. The first-order valence-electron chi connectivity index (χ1n) is 20.9. The molecule has 0 amide bonds. The van der Waals surface area contributed by atoms with Gasteiger partial charge in [0.2, 0.25) is 0 Å². The highest BCUT2D eigenvalue weighted by Crippen LogP contribution is 2.50. The number of hydrogen-bond donors (Lipinski definition) is 0. The average Bonchev–Trinajstić information content (AvgIpc) is 4.09. The summed E-state index contributed by atoms with van der Waals surface area (Å²) in [6, 6.07) is 62.0. The molecular formula is C58H37NOS. The largest absolute Gasteiger partial charge is 0.456 e. The number of thiophene rings is 1. The highest BCUT2D eigenvalue weighted by atomic mass is 32.1. The fraction of sp³-hybridized carbons (Fsp3) is 0.0345. The molecule has 12 aromatic rings. The van der Waals surface area contributed by atoms with Crippen LogP contribution in [-0.2, 0) is 0 Å². The number of furan rings is 1. The van der Waals surface area contributed by atoms with Gasteiger partial charge < -0.3 is 8.98 Å². The van der Waals surface area contributed by atoms with Crippen molar-refractivity contribution in [1.82, 2.24) is 4.57 Å². The van der Waals surface area contributed by atoms with Crippen LogP contribution in [-0.4, -0.2) is 4.57 Å². The smallest absolute Gasteiger partial charge is 0.135 e. The van der Waals surface area contributed by atoms with E-state index in [4.69, 9.17) is 4.42 Å². The van der Waals surface area contributed by atoms with Crippen molar-refractivity contribution < 1.29 is 4.42 Å². The minimum atomic E-state index is 0.902. The SMILES string of the molecule is C=C1C=C(C)c2cccc(C)c21.c1ccc2c(c1)-c1cccc3c(-c4ccc5oc6ccc(-n7c8ccccc8c8c9sc%10ccccc%10c9ccc87)cc6c5c4)ccc-2c13. The van der Waals surface area contributed by atoms with Crippen LogP contribution in [0.5, 0.6) is 0 Å². The van der Waals surface area contributed by atoms with Gasteiger partial charge in [-0.3, -0.25) is 0 Å². The molecule has 3 heteroatoms. The maximum atomic E-state index is 6.45. The zero-order chi connectivity index (χ0) is 40.5. The lowest BCUT2D eigenvalue weighted by atomic mass is 9.93. The number of fused-ring (bicyclic) bond motifs is 14. The van der Waals surface area contributed by atoms with Crippen molar-refractivity contribution >= 4 is 97.2 Å². The molecule has 0 spiro atoms. The normalized spacial score (nSPS) is 12.9. The molecule has 2 nitrogen and oxygen atoms in total. The summed E-state index contributed by atoms with van der Waals surface area (Å²) in [5.41, 5.74) is 19.6. The molecule has 61 heavy (non-hydrogen) atoms. The Labute approximate surface area is 356 Å². The number of para-hydroxylation sites is 1. The van der Waals surface area contributed by atoms with Gasteiger partial charge in [-0.2, -0.15) is 0 Å². The fourth-order valence-corrected chi connectivity index (χ4v) is 11.7. The Bertz CT molecular complexity index is 3890. The van der Waals surface area contributed by atoms with Gasteiger partial charge in [0.05, 0.1) is 11.0 Å². The van der Waals surface area contributed by atoms with Gasteiger partial charge in [0.25, 0.3) is 0 Å². The predicted octanol–water partition coefficient (Wildman–Crippen LogP) is 16.9. The number of allylic oxidation sites excluding steroid dienone is 3. The Morgan fingerprint density at radius 3 is 2.00 bits per heavy atom. The summed E-state index contributed by atoms with van der Waals surface area (Å²) in [5, 5.41) is 10.2. The summed E-state index contributed by atoms with van der Waals surface area (Å²) in [5.74, 6) is 0. The number of aromatic nitrogens is 1. The monoisotopic (exact) mass is 795 g/mol. The minimum absolute atomic E-state index is 0.902. The molecular weight excluding hydrogens is 759 g/mol. The summed E-state index contributed by atoms with van der Waals surface area (Å²) < 4.78 is 11.6. The van der Waals surface area contributed by atoms with Crippen LogP contribution >= 0.6 is 11.3 Å². The van der Waals surface area contributed by atoms with Gasteiger partial charge in [0.15, 0.2) is 0 Å². The summed E-state index contributed by atoms with van der Waals surface area (Å²) in [6.07, 6.45) is 2.15. The Balaban J connectivity index is 0.000000275. The zero-order valence-corrected chi connectivity index (χ0v) is 34.5. The molecule has 0 N–H and O–H groups in total. The predicted molar refractivity (Wildman–Crippen MR) is 262 cm³/mol. The molecule has 0 atom stereocenters. The van der Waals surface area contributed by atoms with E-state index in [1.165, 1.54) is 108 Å². The third-order valence-electron chi connectivity index (χ3n) is 13.2. The summed E-state index contributed by atoms with van der Waals surface area (Å²) in [4.78, 5) is 0. The molecule has 2 aliphatic carbocycles. The highest BCUT2D eigenvalue weighted by molar-refractivity contribution is 7.26. The first-order valence-corrected chi connectivity index (χ1v) is 21.8. The van der Waals surface area contributed by atoms with Crippen molar-refractivity contribution in [2.24, 2.45) is 0 Å². The van der Waals surface area contributed by atoms with Crippen molar-refractivity contribution in [2.75, 3.05) is 0 Å². The highest BCUT2D eigenvalue weighted by Gasteiger charge is 2.23. The van der Waals surface area contributed by atoms with Crippen molar-refractivity contribution in [3.05, 3.63) is 199 Å². The maximum absolute atomic E-state index is 6.45. The molecule has 9 aromatic carbocycles. The van der Waals surface area contributed by atoms with Crippen molar-refractivity contribution in [2.45, 2.75) is 13.8 Å². The second-order valence-electron chi connectivity index (χ2n) is 16.6. The molecule has 0 bridgehead atoms. The van der Waals surface area contributed by atoms with E-state index in [9.17, 15) is 0 Å². The Hall–Kier alpha value is -7.46. The molecule has 0 fully saturated rings. The van der Waals surface area contributed by atoms with Gasteiger partial charge in [0.1, 0.15) is 11.2 Å². The van der Waals surface area contributed by atoms with Gasteiger partial charge in [-0.1, -0.05) is 134 Å². The first kappa shape index (κ1) is 34.4. The van der Waals surface area contributed by atoms with E-state index in [-0.39, 0.29) is 0 Å². The topological polar surface area (TPSA) is 18.1 Å². The van der Waals surface area contributed by atoms with E-state index in [2.05, 4.69) is 201 Å². The molecule has 14 rings (SSSR count). The van der Waals surface area contributed by atoms with Crippen molar-refractivity contribution in [1.29, 1.82) is 0 Å². The van der Waals surface area contributed by atoms with Crippen LogP contribution in [0.2, 0.25) is 0 Å². The van der Waals surface area contributed by atoms with Crippen LogP contribution in [0.3, 0.4) is 0 Å². The van der Waals surface area contributed by atoms with Crippen molar-refractivity contribution in [3.63, 3.8) is 0 Å². The van der Waals surface area contributed by atoms with Gasteiger partial charge in [-0.25, -0.2) is 0 Å². The van der Waals surface area contributed by atoms with Crippen LogP contribution in [0.1, 0.15) is 23.6 Å². The molecule has 3 aromatic heterocycles. The van der Waals surface area contributed by atoms with Crippen molar-refractivity contribution in [3.8, 4) is 39.1 Å². The van der Waals surface area contributed by atoms with Crippen LogP contribution in [0.4, 0.5) is 0 Å². The van der Waals surface area contributed by atoms with Gasteiger partial charge in [-0.15, -0.1) is 11.3 Å². The fourth-order valence-electron chi connectivity index (χ4n) is 10.5.